The molecule has 0 spiro atoms. The summed E-state index contributed by atoms with van der Waals surface area (Å²) < 4.78 is 5.99. The second-order valence-corrected chi connectivity index (χ2v) is 11.4. The smallest absolute Gasteiger partial charge is 0.201 e. The number of nitrogens with zero attached hydrogens (tertiary/aromatic N) is 3. The van der Waals surface area contributed by atoms with Gasteiger partial charge in [0.1, 0.15) is 5.56 Å². The zero-order valence-electron chi connectivity index (χ0n) is 26.3. The van der Waals surface area contributed by atoms with E-state index in [0.717, 1.165) is 16.7 Å². The number of amidine groups is 2. The van der Waals surface area contributed by atoms with Crippen LogP contribution in [0.3, 0.4) is 0 Å². The van der Waals surface area contributed by atoms with Gasteiger partial charge in [0.25, 0.3) is 0 Å². The highest BCUT2D eigenvalue weighted by molar-refractivity contribution is 6.23. The second kappa shape index (κ2) is 12.9. The number of phenols is 6. The molecular formula is C40H29N3O7. The first kappa shape index (κ1) is 31.5. The lowest BCUT2D eigenvalue weighted by Crippen LogP contribution is -2.06. The van der Waals surface area contributed by atoms with Gasteiger partial charge >= 0.3 is 0 Å². The predicted octanol–water partition coefficient (Wildman–Crippen LogP) is 8.25. The third-order valence-corrected chi connectivity index (χ3v) is 8.36. The van der Waals surface area contributed by atoms with E-state index < -0.39 is 40.1 Å². The summed E-state index contributed by atoms with van der Waals surface area (Å²) >= 11 is 0. The first-order chi connectivity index (χ1) is 24.3. The maximum absolute atomic E-state index is 11.6. The van der Waals surface area contributed by atoms with E-state index in [0.29, 0.717) is 11.1 Å². The number of hydrogen-bond acceptors (Lipinski definition) is 8. The zero-order chi connectivity index (χ0) is 34.9. The number of phenolic OH excluding ortho intramolecular Hbond substituents is 6. The highest BCUT2D eigenvalue weighted by Crippen LogP contribution is 2.57. The van der Waals surface area contributed by atoms with Crippen LogP contribution in [0.5, 0.6) is 34.5 Å². The molecule has 0 radical (unpaired) electrons. The molecule has 6 N–H and O–H groups in total. The largest absolute Gasteiger partial charge is 0.504 e. The molecule has 0 aliphatic carbocycles. The van der Waals surface area contributed by atoms with Crippen LogP contribution in [-0.2, 0) is 6.54 Å². The van der Waals surface area contributed by atoms with Crippen molar-refractivity contribution < 1.29 is 35.1 Å². The van der Waals surface area contributed by atoms with Gasteiger partial charge in [0.2, 0.25) is 5.75 Å². The minimum atomic E-state index is -0.880. The number of rotatable bonds is 6. The summed E-state index contributed by atoms with van der Waals surface area (Å²) in [5.74, 6) is -4.84. The van der Waals surface area contributed by atoms with Crippen LogP contribution in [0.15, 0.2) is 135 Å². The van der Waals surface area contributed by atoms with Crippen LogP contribution < -0.4 is 0 Å². The van der Waals surface area contributed by atoms with Gasteiger partial charge in [0.05, 0.1) is 22.9 Å². The Kier molecular flexibility index (Phi) is 8.10. The number of hydrogen-bond donors (Lipinski definition) is 6. The van der Waals surface area contributed by atoms with Crippen LogP contribution in [0.2, 0.25) is 0 Å². The molecule has 0 amide bonds. The molecule has 0 aliphatic heterocycles. The van der Waals surface area contributed by atoms with E-state index in [-0.39, 0.29) is 45.7 Å². The number of aromatic hydroxyl groups is 6. The molecular weight excluding hydrogens is 634 g/mol. The monoisotopic (exact) mass is 663 g/mol. The minimum absolute atomic E-state index is 0.0158. The summed E-state index contributed by atoms with van der Waals surface area (Å²) in [5, 5.41) is 66.0. The third-order valence-electron chi connectivity index (χ3n) is 8.36. The highest BCUT2D eigenvalue weighted by atomic mass is 16.4. The van der Waals surface area contributed by atoms with Crippen LogP contribution in [0, 0.1) is 0 Å². The van der Waals surface area contributed by atoms with Gasteiger partial charge in [0.15, 0.2) is 51.6 Å². The maximum atomic E-state index is 11.6. The number of furan rings is 1. The van der Waals surface area contributed by atoms with Gasteiger partial charge in [-0.25, -0.2) is 9.98 Å². The van der Waals surface area contributed by atoms with Gasteiger partial charge in [-0.1, -0.05) is 115 Å². The second-order valence-electron chi connectivity index (χ2n) is 11.4. The Bertz CT molecular complexity index is 2460. The molecule has 7 aromatic rings. The molecule has 1 heterocycles. The first-order valence-electron chi connectivity index (χ1n) is 15.4. The minimum Gasteiger partial charge on any atom is -0.504 e. The summed E-state index contributed by atoms with van der Waals surface area (Å²) in [6, 6.07) is 35.3. The Hall–Kier alpha value is -7.07. The number of benzene rings is 6. The van der Waals surface area contributed by atoms with Crippen LogP contribution in [0.25, 0.3) is 44.2 Å². The van der Waals surface area contributed by atoms with Gasteiger partial charge < -0.3 is 35.1 Å². The molecule has 0 fully saturated rings. The molecule has 0 aliphatic rings. The first-order valence-corrected chi connectivity index (χ1v) is 15.4. The molecule has 50 heavy (non-hydrogen) atoms. The average molecular weight is 664 g/mol. The lowest BCUT2D eigenvalue weighted by Gasteiger charge is -2.11. The topological polar surface area (TPSA) is 172 Å². The van der Waals surface area contributed by atoms with Gasteiger partial charge in [0, 0.05) is 5.56 Å². The molecule has 0 bridgehead atoms. The Balaban J connectivity index is 1.37. The van der Waals surface area contributed by atoms with Crippen molar-refractivity contribution in [2.75, 3.05) is 0 Å². The normalized spacial score (nSPS) is 12.1. The van der Waals surface area contributed by atoms with E-state index >= 15 is 0 Å². The molecule has 6 aromatic carbocycles. The Morgan fingerprint density at radius 3 is 1.68 bits per heavy atom. The summed E-state index contributed by atoms with van der Waals surface area (Å²) in [6.07, 6.45) is 0. The van der Waals surface area contributed by atoms with Crippen LogP contribution in [-0.4, -0.2) is 49.0 Å². The standard InChI is InChI=1S/C40H29N3O7/c1-41-40(43-39(26-15-9-4-10-16-26)42-21-22-17-19-24(20-18-22)23-11-5-2-6-12-23)30-34(47)32(45)29-28-33(46)36(49)31(44)27(25-13-7-3-8-14-25)37(28)50-38(29)35(30)48/h2-20,44-49H,1,21H2. The molecule has 10 heteroatoms. The Morgan fingerprint density at radius 1 is 0.520 bits per heavy atom. The summed E-state index contributed by atoms with van der Waals surface area (Å²) in [7, 11) is 0. The number of aliphatic imine (C=N–C) groups is 3. The van der Waals surface area contributed by atoms with Gasteiger partial charge in [-0.2, -0.15) is 0 Å². The molecule has 0 saturated carbocycles. The van der Waals surface area contributed by atoms with E-state index in [1.807, 2.05) is 60.7 Å². The molecule has 10 nitrogen and oxygen atoms in total. The van der Waals surface area contributed by atoms with E-state index in [4.69, 9.17) is 9.41 Å². The van der Waals surface area contributed by atoms with Crippen molar-refractivity contribution in [3.8, 4) is 56.8 Å². The lowest BCUT2D eigenvalue weighted by molar-refractivity contribution is 0.371. The van der Waals surface area contributed by atoms with E-state index in [1.165, 1.54) is 0 Å². The fourth-order valence-electron chi connectivity index (χ4n) is 5.88. The molecule has 0 atom stereocenters. The molecule has 1 aromatic heterocycles. The van der Waals surface area contributed by atoms with Crippen molar-refractivity contribution in [1.29, 1.82) is 0 Å². The molecule has 7 rings (SSSR count). The van der Waals surface area contributed by atoms with Gasteiger partial charge in [-0.05, 0) is 29.0 Å². The Morgan fingerprint density at radius 2 is 1.06 bits per heavy atom. The van der Waals surface area contributed by atoms with Crippen LogP contribution >= 0.6 is 0 Å². The SMILES string of the molecule is C=NC(=NC(=NCc1ccc(-c2ccccc2)cc1)c1ccccc1)c1c(O)c(O)c2c(oc3c(-c4ccccc4)c(O)c(O)c(O)c32)c1O. The quantitative estimate of drug-likeness (QED) is 0.0450. The zero-order valence-corrected chi connectivity index (χ0v) is 26.3. The summed E-state index contributed by atoms with van der Waals surface area (Å²) in [5.41, 5.74) is 3.06. The lowest BCUT2D eigenvalue weighted by atomic mass is 9.98. The highest BCUT2D eigenvalue weighted by Gasteiger charge is 2.32. The van der Waals surface area contributed by atoms with E-state index in [2.05, 4.69) is 16.7 Å². The fourth-order valence-corrected chi connectivity index (χ4v) is 5.88. The van der Waals surface area contributed by atoms with Crippen molar-refractivity contribution in [2.24, 2.45) is 15.0 Å². The van der Waals surface area contributed by atoms with Crippen LogP contribution in [0.1, 0.15) is 16.7 Å². The number of fused-ring (bicyclic) bond motifs is 3. The van der Waals surface area contributed by atoms with E-state index in [9.17, 15) is 30.6 Å². The summed E-state index contributed by atoms with van der Waals surface area (Å²) in [6.45, 7) is 3.82. The maximum Gasteiger partial charge on any atom is 0.201 e. The van der Waals surface area contributed by atoms with Crippen molar-refractivity contribution in [3.05, 3.63) is 132 Å². The fraction of sp³-hybridized carbons (Fsp3) is 0.0250. The van der Waals surface area contributed by atoms with E-state index in [1.54, 1.807) is 54.6 Å². The third kappa shape index (κ3) is 5.40. The predicted molar refractivity (Wildman–Crippen MR) is 194 cm³/mol. The van der Waals surface area contributed by atoms with Gasteiger partial charge in [-0.15, -0.1) is 0 Å². The summed E-state index contributed by atoms with van der Waals surface area (Å²) in [4.78, 5) is 13.3. The molecule has 0 unspecified atom stereocenters. The Labute approximate surface area is 285 Å². The van der Waals surface area contributed by atoms with Crippen LogP contribution in [0.4, 0.5) is 0 Å². The van der Waals surface area contributed by atoms with Crippen molar-refractivity contribution >= 4 is 40.3 Å². The van der Waals surface area contributed by atoms with Crippen molar-refractivity contribution in [2.45, 2.75) is 6.54 Å². The van der Waals surface area contributed by atoms with Crippen molar-refractivity contribution in [3.63, 3.8) is 0 Å². The van der Waals surface area contributed by atoms with Gasteiger partial charge in [-0.3, -0.25) is 4.99 Å². The molecule has 246 valence electrons. The van der Waals surface area contributed by atoms with Crippen molar-refractivity contribution in [1.82, 2.24) is 0 Å². The molecule has 0 saturated heterocycles. The average Bonchev–Trinajstić information content (AvgIpc) is 3.56.